The Kier molecular flexibility index (Phi) is 6.03. The van der Waals surface area contributed by atoms with Crippen LogP contribution in [0.1, 0.15) is 19.3 Å². The van der Waals surface area contributed by atoms with E-state index in [0.29, 0.717) is 19.0 Å². The lowest BCUT2D eigenvalue weighted by Crippen LogP contribution is -2.33. The van der Waals surface area contributed by atoms with Gasteiger partial charge in [-0.3, -0.25) is 10.3 Å². The van der Waals surface area contributed by atoms with Gasteiger partial charge < -0.3 is 10.6 Å². The minimum atomic E-state index is -0.224. The Morgan fingerprint density at radius 1 is 1.24 bits per heavy atom. The third-order valence-electron chi connectivity index (χ3n) is 4.17. The molecule has 0 radical (unpaired) electrons. The first-order valence-electron chi connectivity index (χ1n) is 8.67. The van der Waals surface area contributed by atoms with Crippen molar-refractivity contribution in [2.24, 2.45) is 5.92 Å². The van der Waals surface area contributed by atoms with Crippen LogP contribution < -0.4 is 16.0 Å². The molecule has 1 atom stereocenters. The molecule has 0 aromatic carbocycles. The van der Waals surface area contributed by atoms with Crippen molar-refractivity contribution >= 4 is 17.5 Å². The van der Waals surface area contributed by atoms with E-state index in [2.05, 4.69) is 38.2 Å². The maximum Gasteiger partial charge on any atom is 0.320 e. The van der Waals surface area contributed by atoms with Crippen LogP contribution in [0.25, 0.3) is 0 Å². The summed E-state index contributed by atoms with van der Waals surface area (Å²) in [5.41, 5.74) is 0.935. The number of aromatic nitrogens is 3. The van der Waals surface area contributed by atoms with Crippen molar-refractivity contribution < 1.29 is 4.79 Å². The second kappa shape index (κ2) is 8.86. The maximum atomic E-state index is 12.1. The normalized spacial score (nSPS) is 16.4. The van der Waals surface area contributed by atoms with Crippen LogP contribution in [0.3, 0.4) is 0 Å². The van der Waals surface area contributed by atoms with Crippen molar-refractivity contribution in [3.63, 3.8) is 0 Å². The van der Waals surface area contributed by atoms with Gasteiger partial charge in [0.15, 0.2) is 0 Å². The van der Waals surface area contributed by atoms with E-state index in [-0.39, 0.29) is 6.03 Å². The fourth-order valence-electron chi connectivity index (χ4n) is 2.86. The Morgan fingerprint density at radius 2 is 2.20 bits per heavy atom. The second-order valence-electron chi connectivity index (χ2n) is 6.10. The number of hydrogen-bond acceptors (Lipinski definition) is 4. The molecule has 1 aliphatic rings. The highest BCUT2D eigenvalue weighted by atomic mass is 16.2. The fraction of sp³-hybridized carbons (Fsp3) is 0.389. The lowest BCUT2D eigenvalue weighted by Gasteiger charge is -2.19. The average molecular weight is 340 g/mol. The van der Waals surface area contributed by atoms with E-state index in [9.17, 15) is 4.79 Å². The Labute approximate surface area is 147 Å². The lowest BCUT2D eigenvalue weighted by molar-refractivity contribution is 0.252. The fourth-order valence-corrected chi connectivity index (χ4v) is 2.86. The van der Waals surface area contributed by atoms with Crippen molar-refractivity contribution in [2.75, 3.05) is 23.7 Å². The van der Waals surface area contributed by atoms with Gasteiger partial charge in [-0.05, 0) is 37.3 Å². The first-order chi connectivity index (χ1) is 12.3. The molecule has 2 amide bonds. The molecule has 3 N–H and O–H groups in total. The summed E-state index contributed by atoms with van der Waals surface area (Å²) in [5, 5.41) is 13.2. The number of rotatable bonds is 7. The number of nitrogens with zero attached hydrogens (tertiary/aromatic N) is 3. The summed E-state index contributed by atoms with van der Waals surface area (Å²) in [4.78, 5) is 16.1. The van der Waals surface area contributed by atoms with Crippen LogP contribution >= 0.6 is 0 Å². The third-order valence-corrected chi connectivity index (χ3v) is 4.17. The van der Waals surface area contributed by atoms with Gasteiger partial charge in [-0.15, -0.1) is 0 Å². The molecule has 0 spiro atoms. The molecule has 2 heterocycles. The molecule has 7 heteroatoms. The molecule has 0 saturated carbocycles. The highest BCUT2D eigenvalue weighted by molar-refractivity contribution is 5.88. The van der Waals surface area contributed by atoms with Crippen LogP contribution in [0.15, 0.2) is 48.9 Å². The summed E-state index contributed by atoms with van der Waals surface area (Å²) in [6, 6.07) is 5.41. The number of anilines is 2. The number of carbonyl (C=O) groups excluding carboxylic acids is 1. The number of nitrogens with one attached hydrogen (secondary N) is 3. The largest absolute Gasteiger partial charge is 0.382 e. The molecule has 25 heavy (non-hydrogen) atoms. The zero-order valence-corrected chi connectivity index (χ0v) is 14.2. The number of amides is 2. The second-order valence-corrected chi connectivity index (χ2v) is 6.10. The maximum absolute atomic E-state index is 12.1. The number of carbonyl (C=O) groups is 1. The van der Waals surface area contributed by atoms with E-state index in [4.69, 9.17) is 0 Å². The summed E-state index contributed by atoms with van der Waals surface area (Å²) < 4.78 is 1.87. The molecule has 0 unspecified atom stereocenters. The van der Waals surface area contributed by atoms with E-state index < -0.39 is 0 Å². The van der Waals surface area contributed by atoms with E-state index in [1.165, 1.54) is 6.42 Å². The molecule has 1 aliphatic carbocycles. The number of pyridine rings is 1. The van der Waals surface area contributed by atoms with Crippen molar-refractivity contribution in [1.82, 2.24) is 20.1 Å². The summed E-state index contributed by atoms with van der Waals surface area (Å²) >= 11 is 0. The monoisotopic (exact) mass is 340 g/mol. The highest BCUT2D eigenvalue weighted by Gasteiger charge is 2.14. The predicted molar refractivity (Wildman–Crippen MR) is 98.5 cm³/mol. The summed E-state index contributed by atoms with van der Waals surface area (Å²) in [5.74, 6) is 1.31. The van der Waals surface area contributed by atoms with E-state index >= 15 is 0 Å². The van der Waals surface area contributed by atoms with Crippen molar-refractivity contribution in [3.05, 3.63) is 48.9 Å². The molecule has 0 saturated heterocycles. The zero-order valence-electron chi connectivity index (χ0n) is 14.2. The Balaban J connectivity index is 1.40. The molecule has 3 rings (SSSR count). The van der Waals surface area contributed by atoms with Gasteiger partial charge in [-0.1, -0.05) is 12.2 Å². The van der Waals surface area contributed by atoms with Crippen LogP contribution in [0.4, 0.5) is 16.3 Å². The molecule has 7 nitrogen and oxygen atoms in total. The van der Waals surface area contributed by atoms with E-state index in [1.807, 2.05) is 22.9 Å². The van der Waals surface area contributed by atoms with Gasteiger partial charge >= 0.3 is 6.03 Å². The van der Waals surface area contributed by atoms with Gasteiger partial charge in [0.05, 0.1) is 11.9 Å². The molecule has 0 bridgehead atoms. The van der Waals surface area contributed by atoms with Gasteiger partial charge in [-0.2, -0.15) is 5.10 Å². The molecule has 2 aromatic rings. The van der Waals surface area contributed by atoms with Crippen molar-refractivity contribution in [1.29, 1.82) is 0 Å². The van der Waals surface area contributed by atoms with Gasteiger partial charge in [0.1, 0.15) is 5.82 Å². The Morgan fingerprint density at radius 3 is 3.00 bits per heavy atom. The average Bonchev–Trinajstić information content (AvgIpc) is 3.07. The molecule has 0 aliphatic heterocycles. The van der Waals surface area contributed by atoms with Gasteiger partial charge in [0.2, 0.25) is 0 Å². The number of hydrogen-bond donors (Lipinski definition) is 3. The molecular formula is C18H24N6O. The van der Waals surface area contributed by atoms with Crippen LogP contribution in [-0.4, -0.2) is 33.9 Å². The third kappa shape index (κ3) is 5.34. The van der Waals surface area contributed by atoms with Crippen molar-refractivity contribution in [3.8, 4) is 0 Å². The summed E-state index contributed by atoms with van der Waals surface area (Å²) in [7, 11) is 0. The lowest BCUT2D eigenvalue weighted by atomic mass is 9.94. The van der Waals surface area contributed by atoms with Gasteiger partial charge in [0.25, 0.3) is 0 Å². The standard InChI is InChI=1S/C18H24N6O/c25-18(21-12-11-20-16-7-4-9-19-13-16)23-17-8-10-22-24(17)14-15-5-2-1-3-6-15/h1-2,4,7-10,13,15,20H,3,5-6,11-12,14H2,(H2,21,23,25)/t15-/m1/s1. The minimum Gasteiger partial charge on any atom is -0.382 e. The smallest absolute Gasteiger partial charge is 0.320 e. The number of urea groups is 1. The quantitative estimate of drug-likeness (QED) is 0.534. The SMILES string of the molecule is O=C(NCCNc1cccnc1)Nc1ccnn1C[C@@H]1CC=CCC1. The van der Waals surface area contributed by atoms with Crippen molar-refractivity contribution in [2.45, 2.75) is 25.8 Å². The Bertz CT molecular complexity index is 697. The van der Waals surface area contributed by atoms with Crippen LogP contribution in [0, 0.1) is 5.92 Å². The van der Waals surface area contributed by atoms with Crippen LogP contribution in [0.2, 0.25) is 0 Å². The van der Waals surface area contributed by atoms with Gasteiger partial charge in [0, 0.05) is 38.1 Å². The minimum absolute atomic E-state index is 0.224. The summed E-state index contributed by atoms with van der Waals surface area (Å²) in [6.45, 7) is 1.98. The number of allylic oxidation sites excluding steroid dienone is 2. The Hall–Kier alpha value is -2.83. The predicted octanol–water partition coefficient (Wildman–Crippen LogP) is 2.87. The first kappa shape index (κ1) is 17.0. The van der Waals surface area contributed by atoms with Gasteiger partial charge in [-0.25, -0.2) is 9.48 Å². The van der Waals surface area contributed by atoms with E-state index in [0.717, 1.165) is 30.9 Å². The van der Waals surface area contributed by atoms with Crippen LogP contribution in [0.5, 0.6) is 0 Å². The van der Waals surface area contributed by atoms with Crippen LogP contribution in [-0.2, 0) is 6.54 Å². The zero-order chi connectivity index (χ0) is 17.3. The molecule has 2 aromatic heterocycles. The summed E-state index contributed by atoms with van der Waals surface area (Å²) in [6.07, 6.45) is 13.0. The van der Waals surface area contributed by atoms with E-state index in [1.54, 1.807) is 18.6 Å². The molecule has 132 valence electrons. The molecule has 0 fully saturated rings. The topological polar surface area (TPSA) is 83.9 Å². The first-order valence-corrected chi connectivity index (χ1v) is 8.67. The molecular weight excluding hydrogens is 316 g/mol. The highest BCUT2D eigenvalue weighted by Crippen LogP contribution is 2.21.